The summed E-state index contributed by atoms with van der Waals surface area (Å²) in [6.07, 6.45) is -3.08. The van der Waals surface area contributed by atoms with E-state index in [2.05, 4.69) is 0 Å². The predicted octanol–water partition coefficient (Wildman–Crippen LogP) is 4.80. The molecule has 5 rings (SSSR count). The van der Waals surface area contributed by atoms with Gasteiger partial charge in [0.05, 0.1) is 66.4 Å². The van der Waals surface area contributed by atoms with Crippen molar-refractivity contribution in [3.8, 4) is 34.5 Å². The summed E-state index contributed by atoms with van der Waals surface area (Å²) in [5, 5.41) is 12.3. The SMILES string of the molecule is COc1cc(C[C@H]2C(=O)N3[C@H](COC(=O)c4ccccc4)c4c(c(OC)c(C)c(OC)c4OC)C[C@H]3C(O)N2C(=O)OC(C)C)c(OC)c(C)c1OC. The lowest BCUT2D eigenvalue weighted by Gasteiger charge is -2.53. The molecule has 2 aliphatic rings. The minimum Gasteiger partial charge on any atom is -0.496 e. The summed E-state index contributed by atoms with van der Waals surface area (Å²) in [5.74, 6) is 1.21. The highest BCUT2D eigenvalue weighted by molar-refractivity contribution is 5.90. The summed E-state index contributed by atoms with van der Waals surface area (Å²) in [5.41, 5.74) is 3.15. The normalized spacial score (nSPS) is 19.2. The zero-order valence-corrected chi connectivity index (χ0v) is 31.8. The van der Waals surface area contributed by atoms with Crippen molar-refractivity contribution in [2.75, 3.05) is 49.3 Å². The Balaban J connectivity index is 1.72. The molecule has 0 bridgehead atoms. The van der Waals surface area contributed by atoms with E-state index in [9.17, 15) is 14.7 Å². The first-order valence-electron chi connectivity index (χ1n) is 17.2. The van der Waals surface area contributed by atoms with Crippen molar-refractivity contribution >= 4 is 18.0 Å². The van der Waals surface area contributed by atoms with Crippen molar-refractivity contribution in [3.05, 3.63) is 69.8 Å². The Labute approximate surface area is 309 Å². The standard InChI is InChI=1S/C39H48N2O12/c1-20(2)53-39(45)41-26(16-24-17-29(46-5)33(49-8)21(3)31(24)47-6)36(42)40-27(37(41)43)18-25-30(35(51-10)34(50-9)22(4)32(25)48-7)28(40)19-52-38(44)23-14-12-11-13-15-23/h11-15,17,20,26-28,37,43H,16,18-19H2,1-10H3/t26-,27-,28+,37?/m0/s1. The molecule has 3 aromatic carbocycles. The van der Waals surface area contributed by atoms with Crippen LogP contribution in [0, 0.1) is 13.8 Å². The largest absolute Gasteiger partial charge is 0.496 e. The van der Waals surface area contributed by atoms with E-state index in [0.717, 1.165) is 4.90 Å². The first-order chi connectivity index (χ1) is 25.4. The van der Waals surface area contributed by atoms with Crippen LogP contribution in [0.2, 0.25) is 0 Å². The number of esters is 1. The number of benzene rings is 3. The Morgan fingerprint density at radius 1 is 0.811 bits per heavy atom. The number of hydrogen-bond donors (Lipinski definition) is 1. The molecule has 0 aromatic heterocycles. The number of nitrogens with zero attached hydrogens (tertiary/aromatic N) is 2. The molecule has 2 heterocycles. The summed E-state index contributed by atoms with van der Waals surface area (Å²) in [4.78, 5) is 45.0. The van der Waals surface area contributed by atoms with Crippen LogP contribution in [0.1, 0.15) is 58.1 Å². The van der Waals surface area contributed by atoms with Crippen LogP contribution >= 0.6 is 0 Å². The zero-order valence-electron chi connectivity index (χ0n) is 31.8. The van der Waals surface area contributed by atoms with Gasteiger partial charge in [-0.1, -0.05) is 18.2 Å². The van der Waals surface area contributed by atoms with Crippen LogP contribution < -0.4 is 28.4 Å². The molecule has 0 aliphatic carbocycles. The third-order valence-electron chi connectivity index (χ3n) is 9.76. The van der Waals surface area contributed by atoms with Gasteiger partial charge in [-0.15, -0.1) is 0 Å². The van der Waals surface area contributed by atoms with E-state index in [1.54, 1.807) is 64.1 Å². The number of aliphatic hydroxyl groups excluding tert-OH is 1. The quantitative estimate of drug-likeness (QED) is 0.255. The summed E-state index contributed by atoms with van der Waals surface area (Å²) >= 11 is 0. The number of carbonyl (C=O) groups is 3. The minimum absolute atomic E-state index is 0.0483. The molecule has 0 radical (unpaired) electrons. The van der Waals surface area contributed by atoms with E-state index in [4.69, 9.17) is 37.9 Å². The van der Waals surface area contributed by atoms with Crippen LogP contribution in [0.25, 0.3) is 0 Å². The second kappa shape index (κ2) is 16.1. The Morgan fingerprint density at radius 3 is 1.98 bits per heavy atom. The lowest BCUT2D eigenvalue weighted by molar-refractivity contribution is -0.174. The van der Waals surface area contributed by atoms with Crippen LogP contribution in [-0.2, 0) is 27.1 Å². The fraction of sp³-hybridized carbons (Fsp3) is 0.462. The number of carbonyl (C=O) groups excluding carboxylic acids is 3. The molecule has 0 saturated carbocycles. The highest BCUT2D eigenvalue weighted by Gasteiger charge is 2.55. The van der Waals surface area contributed by atoms with E-state index in [-0.39, 0.29) is 19.4 Å². The maximum atomic E-state index is 15.2. The fourth-order valence-electron chi connectivity index (χ4n) is 7.59. The third-order valence-corrected chi connectivity index (χ3v) is 9.76. The molecule has 1 fully saturated rings. The third kappa shape index (κ3) is 6.95. The van der Waals surface area contributed by atoms with E-state index in [1.165, 1.54) is 47.6 Å². The minimum atomic E-state index is -1.57. The van der Waals surface area contributed by atoms with Crippen molar-refractivity contribution in [2.24, 2.45) is 0 Å². The molecule has 2 amide bonds. The number of hydrogen-bond acceptors (Lipinski definition) is 12. The van der Waals surface area contributed by atoms with E-state index < -0.39 is 48.4 Å². The number of piperazine rings is 1. The molecule has 1 N–H and O–H groups in total. The number of rotatable bonds is 12. The van der Waals surface area contributed by atoms with Crippen LogP contribution in [0.3, 0.4) is 0 Å². The summed E-state index contributed by atoms with van der Waals surface area (Å²) < 4.78 is 46.2. The number of fused-ring (bicyclic) bond motifs is 2. The molecule has 0 spiro atoms. The van der Waals surface area contributed by atoms with Gasteiger partial charge >= 0.3 is 12.1 Å². The highest BCUT2D eigenvalue weighted by Crippen LogP contribution is 2.52. The maximum Gasteiger partial charge on any atom is 0.412 e. The van der Waals surface area contributed by atoms with Crippen LogP contribution in [0.4, 0.5) is 4.79 Å². The molecule has 14 heteroatoms. The molecule has 14 nitrogen and oxygen atoms in total. The number of ether oxygens (including phenoxy) is 8. The van der Waals surface area contributed by atoms with Gasteiger partial charge in [0.15, 0.2) is 29.2 Å². The van der Waals surface area contributed by atoms with Crippen LogP contribution in [0.15, 0.2) is 36.4 Å². The van der Waals surface area contributed by atoms with Crippen molar-refractivity contribution < 1.29 is 57.4 Å². The van der Waals surface area contributed by atoms with Crippen LogP contribution in [0.5, 0.6) is 34.5 Å². The monoisotopic (exact) mass is 736 g/mol. The predicted molar refractivity (Wildman–Crippen MR) is 192 cm³/mol. The van der Waals surface area contributed by atoms with Crippen molar-refractivity contribution in [1.29, 1.82) is 0 Å². The summed E-state index contributed by atoms with van der Waals surface area (Å²) in [7, 11) is 8.97. The molecular formula is C39H48N2O12. The van der Waals surface area contributed by atoms with Crippen molar-refractivity contribution in [1.82, 2.24) is 9.80 Å². The van der Waals surface area contributed by atoms with E-state index in [1.807, 2.05) is 0 Å². The van der Waals surface area contributed by atoms with Gasteiger partial charge in [0.2, 0.25) is 5.91 Å². The molecule has 1 unspecified atom stereocenters. The van der Waals surface area contributed by atoms with Crippen LogP contribution in [-0.4, -0.2) is 107 Å². The lowest BCUT2D eigenvalue weighted by Crippen LogP contribution is -2.71. The van der Waals surface area contributed by atoms with Gasteiger partial charge in [0.25, 0.3) is 0 Å². The smallest absolute Gasteiger partial charge is 0.412 e. The van der Waals surface area contributed by atoms with Gasteiger partial charge in [-0.25, -0.2) is 9.59 Å². The van der Waals surface area contributed by atoms with Gasteiger partial charge in [0, 0.05) is 40.7 Å². The zero-order chi connectivity index (χ0) is 38.7. The van der Waals surface area contributed by atoms with Gasteiger partial charge in [-0.2, -0.15) is 0 Å². The fourth-order valence-corrected chi connectivity index (χ4v) is 7.59. The van der Waals surface area contributed by atoms with E-state index in [0.29, 0.717) is 67.9 Å². The van der Waals surface area contributed by atoms with Gasteiger partial charge in [-0.3, -0.25) is 9.69 Å². The topological polar surface area (TPSA) is 152 Å². The Kier molecular flexibility index (Phi) is 11.8. The summed E-state index contributed by atoms with van der Waals surface area (Å²) in [6, 6.07) is 6.79. The molecular weight excluding hydrogens is 688 g/mol. The number of methoxy groups -OCH3 is 6. The average molecular weight is 737 g/mol. The first-order valence-corrected chi connectivity index (χ1v) is 17.2. The Bertz CT molecular complexity index is 1850. The van der Waals surface area contributed by atoms with Crippen molar-refractivity contribution in [2.45, 2.75) is 71.0 Å². The van der Waals surface area contributed by atoms with Gasteiger partial charge in [-0.05, 0) is 45.9 Å². The Morgan fingerprint density at radius 2 is 1.42 bits per heavy atom. The lowest BCUT2D eigenvalue weighted by atomic mass is 9.81. The highest BCUT2D eigenvalue weighted by atomic mass is 16.6. The number of amides is 2. The molecule has 1 saturated heterocycles. The van der Waals surface area contributed by atoms with E-state index >= 15 is 4.79 Å². The maximum absolute atomic E-state index is 15.2. The van der Waals surface area contributed by atoms with Gasteiger partial charge in [0.1, 0.15) is 24.1 Å². The molecule has 2 aliphatic heterocycles. The van der Waals surface area contributed by atoms with Crippen molar-refractivity contribution in [3.63, 3.8) is 0 Å². The summed E-state index contributed by atoms with van der Waals surface area (Å²) in [6.45, 7) is 6.62. The van der Waals surface area contributed by atoms with Gasteiger partial charge < -0.3 is 47.9 Å². The molecule has 4 atom stereocenters. The molecule has 3 aromatic rings. The first kappa shape index (κ1) is 38.9. The second-order valence-corrected chi connectivity index (χ2v) is 13.0. The Hall–Kier alpha value is -5.37. The second-order valence-electron chi connectivity index (χ2n) is 13.0. The number of aliphatic hydroxyl groups is 1. The molecule has 53 heavy (non-hydrogen) atoms. The average Bonchev–Trinajstić information content (AvgIpc) is 3.14. The molecule has 286 valence electrons.